The highest BCUT2D eigenvalue weighted by Crippen LogP contribution is 2.09. The Kier molecular flexibility index (Phi) is 4.14. The van der Waals surface area contributed by atoms with Crippen LogP contribution in [0.1, 0.15) is 6.92 Å². The van der Waals surface area contributed by atoms with Gasteiger partial charge in [0, 0.05) is 5.37 Å². The summed E-state index contributed by atoms with van der Waals surface area (Å²) in [6.07, 6.45) is 1.37. The predicted octanol–water partition coefficient (Wildman–Crippen LogP) is 0.718. The van der Waals surface area contributed by atoms with Gasteiger partial charge in [-0.25, -0.2) is 0 Å². The first-order valence-electron chi connectivity index (χ1n) is 3.11. The molecule has 0 spiro atoms. The highest BCUT2D eigenvalue weighted by atomic mass is 32.1. The second kappa shape index (κ2) is 4.61. The van der Waals surface area contributed by atoms with Gasteiger partial charge in [-0.3, -0.25) is 9.59 Å². The van der Waals surface area contributed by atoms with Gasteiger partial charge in [-0.2, -0.15) is 0 Å². The van der Waals surface area contributed by atoms with Crippen LogP contribution in [0.15, 0.2) is 11.6 Å². The topological polar surface area (TPSA) is 74.6 Å². The van der Waals surface area contributed by atoms with Crippen LogP contribution in [0.2, 0.25) is 0 Å². The molecule has 0 bridgehead atoms. The Balaban J connectivity index is 4.85. The SMILES string of the molecule is CC=C(C=S)C(C(=O)O)C(=O)O. The van der Waals surface area contributed by atoms with E-state index >= 15 is 0 Å². The van der Waals surface area contributed by atoms with Crippen LogP contribution in [0.3, 0.4) is 0 Å². The van der Waals surface area contributed by atoms with Gasteiger partial charge in [-0.05, 0) is 12.5 Å². The van der Waals surface area contributed by atoms with Gasteiger partial charge in [-0.15, -0.1) is 0 Å². The van der Waals surface area contributed by atoms with Crippen LogP contribution >= 0.6 is 12.2 Å². The second-order valence-corrected chi connectivity index (χ2v) is 2.25. The van der Waals surface area contributed by atoms with E-state index < -0.39 is 17.9 Å². The monoisotopic (exact) mass is 188 g/mol. The fourth-order valence-electron chi connectivity index (χ4n) is 0.694. The molecule has 0 aromatic carbocycles. The Hall–Kier alpha value is -1.23. The van der Waals surface area contributed by atoms with Crippen molar-refractivity contribution in [1.29, 1.82) is 0 Å². The van der Waals surface area contributed by atoms with E-state index in [-0.39, 0.29) is 5.57 Å². The van der Waals surface area contributed by atoms with Crippen molar-refractivity contribution >= 4 is 29.5 Å². The second-order valence-electron chi connectivity index (χ2n) is 2.02. The van der Waals surface area contributed by atoms with Gasteiger partial charge < -0.3 is 10.2 Å². The summed E-state index contributed by atoms with van der Waals surface area (Å²) in [6, 6.07) is 0. The minimum absolute atomic E-state index is 0.116. The van der Waals surface area contributed by atoms with Crippen molar-refractivity contribution in [3.8, 4) is 0 Å². The molecule has 66 valence electrons. The third-order valence-electron chi connectivity index (χ3n) is 1.30. The summed E-state index contributed by atoms with van der Waals surface area (Å²) in [6.45, 7) is 1.54. The van der Waals surface area contributed by atoms with Crippen molar-refractivity contribution in [2.45, 2.75) is 6.92 Å². The molecule has 4 nitrogen and oxygen atoms in total. The minimum Gasteiger partial charge on any atom is -0.480 e. The molecule has 0 aliphatic heterocycles. The molecular formula is C7H8O4S. The summed E-state index contributed by atoms with van der Waals surface area (Å²) < 4.78 is 0. The van der Waals surface area contributed by atoms with Gasteiger partial charge in [0.05, 0.1) is 0 Å². The van der Waals surface area contributed by atoms with Crippen LogP contribution in [0, 0.1) is 5.92 Å². The zero-order valence-corrected chi connectivity index (χ0v) is 7.17. The zero-order valence-electron chi connectivity index (χ0n) is 6.35. The molecule has 0 unspecified atom stereocenters. The summed E-state index contributed by atoms with van der Waals surface area (Å²) in [5.74, 6) is -4.36. The number of hydrogen-bond donors (Lipinski definition) is 2. The lowest BCUT2D eigenvalue weighted by atomic mass is 10.0. The third kappa shape index (κ3) is 2.43. The average molecular weight is 188 g/mol. The maximum absolute atomic E-state index is 10.4. The van der Waals surface area contributed by atoms with Crippen molar-refractivity contribution in [1.82, 2.24) is 0 Å². The standard InChI is InChI=1S/C7H8O4S/c1-2-4(3-12)5(6(8)9)7(10)11/h2-3,5H,1H3,(H,8,9)(H,10,11). The molecular weight excluding hydrogens is 180 g/mol. The Labute approximate surface area is 74.5 Å². The van der Waals surface area contributed by atoms with Crippen LogP contribution in [-0.2, 0) is 9.59 Å². The van der Waals surface area contributed by atoms with Crippen LogP contribution in [-0.4, -0.2) is 27.5 Å². The van der Waals surface area contributed by atoms with Gasteiger partial charge in [0.1, 0.15) is 0 Å². The van der Waals surface area contributed by atoms with E-state index in [2.05, 4.69) is 12.2 Å². The number of rotatable bonds is 4. The molecule has 0 rings (SSSR count). The average Bonchev–Trinajstić information content (AvgIpc) is 1.98. The molecule has 0 saturated carbocycles. The van der Waals surface area contributed by atoms with Crippen LogP contribution in [0.25, 0.3) is 0 Å². The first-order valence-corrected chi connectivity index (χ1v) is 3.58. The number of aliphatic carboxylic acids is 2. The van der Waals surface area contributed by atoms with Gasteiger partial charge in [0.15, 0.2) is 5.92 Å². The summed E-state index contributed by atoms with van der Waals surface area (Å²) in [5, 5.41) is 18.0. The summed E-state index contributed by atoms with van der Waals surface area (Å²) in [5.41, 5.74) is 0.116. The highest BCUT2D eigenvalue weighted by molar-refractivity contribution is 7.79. The van der Waals surface area contributed by atoms with Crippen molar-refractivity contribution in [2.75, 3.05) is 0 Å². The van der Waals surface area contributed by atoms with Crippen molar-refractivity contribution in [2.24, 2.45) is 5.92 Å². The van der Waals surface area contributed by atoms with Crippen molar-refractivity contribution in [3.05, 3.63) is 11.6 Å². The van der Waals surface area contributed by atoms with E-state index in [4.69, 9.17) is 10.2 Å². The third-order valence-corrected chi connectivity index (χ3v) is 1.57. The minimum atomic E-state index is -1.55. The lowest BCUT2D eigenvalue weighted by molar-refractivity contribution is -0.152. The quantitative estimate of drug-likeness (QED) is 0.386. The molecule has 5 heteroatoms. The summed E-state index contributed by atoms with van der Waals surface area (Å²) in [7, 11) is 0. The molecule has 0 aromatic rings. The summed E-state index contributed by atoms with van der Waals surface area (Å²) >= 11 is 4.47. The largest absolute Gasteiger partial charge is 0.480 e. The number of carboxylic acid groups (broad SMARTS) is 2. The van der Waals surface area contributed by atoms with E-state index in [1.54, 1.807) is 0 Å². The fraction of sp³-hybridized carbons (Fsp3) is 0.286. The zero-order chi connectivity index (χ0) is 9.72. The molecule has 2 N–H and O–H groups in total. The Morgan fingerprint density at radius 1 is 1.33 bits per heavy atom. The molecule has 12 heavy (non-hydrogen) atoms. The molecule has 0 fully saturated rings. The van der Waals surface area contributed by atoms with Gasteiger partial charge in [0.25, 0.3) is 0 Å². The van der Waals surface area contributed by atoms with E-state index in [1.807, 2.05) is 0 Å². The van der Waals surface area contributed by atoms with Crippen molar-refractivity contribution < 1.29 is 19.8 Å². The first kappa shape index (κ1) is 10.8. The molecule has 0 heterocycles. The van der Waals surface area contributed by atoms with Crippen LogP contribution in [0.5, 0.6) is 0 Å². The molecule has 0 radical (unpaired) electrons. The predicted molar refractivity (Wildman–Crippen MR) is 46.2 cm³/mol. The summed E-state index contributed by atoms with van der Waals surface area (Å²) in [4.78, 5) is 20.8. The number of carboxylic acids is 2. The number of carbonyl (C=O) groups is 2. The normalized spacial score (nSPS) is 11.3. The molecule has 0 aliphatic carbocycles. The highest BCUT2D eigenvalue weighted by Gasteiger charge is 2.28. The van der Waals surface area contributed by atoms with E-state index in [0.29, 0.717) is 0 Å². The number of allylic oxidation sites excluding steroid dienone is 1. The van der Waals surface area contributed by atoms with Gasteiger partial charge >= 0.3 is 11.9 Å². The maximum Gasteiger partial charge on any atom is 0.322 e. The Bertz CT molecular complexity index is 230. The molecule has 0 aliphatic rings. The van der Waals surface area contributed by atoms with E-state index in [0.717, 1.165) is 5.37 Å². The lowest BCUT2D eigenvalue weighted by Crippen LogP contribution is -2.25. The maximum atomic E-state index is 10.4. The van der Waals surface area contributed by atoms with Crippen molar-refractivity contribution in [3.63, 3.8) is 0 Å². The molecule has 0 atom stereocenters. The van der Waals surface area contributed by atoms with Gasteiger partial charge in [0.2, 0.25) is 0 Å². The number of hydrogen-bond acceptors (Lipinski definition) is 3. The van der Waals surface area contributed by atoms with Crippen LogP contribution < -0.4 is 0 Å². The van der Waals surface area contributed by atoms with E-state index in [9.17, 15) is 9.59 Å². The Morgan fingerprint density at radius 3 is 1.83 bits per heavy atom. The van der Waals surface area contributed by atoms with Crippen LogP contribution in [0.4, 0.5) is 0 Å². The smallest absolute Gasteiger partial charge is 0.322 e. The fourth-order valence-corrected chi connectivity index (χ4v) is 0.966. The lowest BCUT2D eigenvalue weighted by Gasteiger charge is -2.05. The van der Waals surface area contributed by atoms with E-state index in [1.165, 1.54) is 13.0 Å². The molecule has 0 amide bonds. The Morgan fingerprint density at radius 2 is 1.75 bits per heavy atom. The molecule has 0 aromatic heterocycles. The molecule has 0 saturated heterocycles. The van der Waals surface area contributed by atoms with Gasteiger partial charge in [-0.1, -0.05) is 18.3 Å². The number of thiocarbonyl (C=S) groups is 1. The first-order chi connectivity index (χ1) is 5.54.